The number of rotatable bonds is 3. The maximum atomic E-state index is 11.7. The molecule has 1 aliphatic rings. The van der Waals surface area contributed by atoms with Gasteiger partial charge in [-0.15, -0.1) is 0 Å². The van der Waals surface area contributed by atoms with Crippen LogP contribution < -0.4 is 0 Å². The van der Waals surface area contributed by atoms with Crippen molar-refractivity contribution in [2.24, 2.45) is 0 Å². The molecule has 2 aromatic rings. The molecule has 1 saturated carbocycles. The number of nitrogens with zero attached hydrogens (tertiary/aromatic N) is 3. The van der Waals surface area contributed by atoms with E-state index >= 15 is 0 Å². The van der Waals surface area contributed by atoms with Crippen molar-refractivity contribution in [2.75, 3.05) is 7.11 Å². The van der Waals surface area contributed by atoms with Crippen LogP contribution >= 0.6 is 0 Å². The summed E-state index contributed by atoms with van der Waals surface area (Å²) >= 11 is 0. The van der Waals surface area contributed by atoms with Crippen LogP contribution in [0.15, 0.2) is 29.0 Å². The molecule has 0 aliphatic heterocycles. The van der Waals surface area contributed by atoms with E-state index in [2.05, 4.69) is 15.1 Å². The molecule has 6 nitrogen and oxygen atoms in total. The molecule has 0 radical (unpaired) electrons. The molecule has 0 unspecified atom stereocenters. The zero-order valence-electron chi connectivity index (χ0n) is 9.79. The van der Waals surface area contributed by atoms with Gasteiger partial charge in [0.05, 0.1) is 7.11 Å². The molecule has 0 bridgehead atoms. The lowest BCUT2D eigenvalue weighted by molar-refractivity contribution is -0.144. The zero-order valence-corrected chi connectivity index (χ0v) is 9.79. The minimum Gasteiger partial charge on any atom is -0.468 e. The quantitative estimate of drug-likeness (QED) is 0.759. The SMILES string of the molecule is COC(=O)C1(c2nc(-c3cccnc3)no2)CC1. The Morgan fingerprint density at radius 3 is 2.94 bits per heavy atom. The van der Waals surface area contributed by atoms with E-state index < -0.39 is 5.41 Å². The Labute approximate surface area is 103 Å². The first-order valence-corrected chi connectivity index (χ1v) is 5.59. The molecule has 0 atom stereocenters. The lowest BCUT2D eigenvalue weighted by Crippen LogP contribution is -2.22. The highest BCUT2D eigenvalue weighted by Gasteiger charge is 2.57. The van der Waals surface area contributed by atoms with E-state index in [0.717, 1.165) is 5.56 Å². The summed E-state index contributed by atoms with van der Waals surface area (Å²) < 4.78 is 9.95. The van der Waals surface area contributed by atoms with Crippen LogP contribution in [0.2, 0.25) is 0 Å². The lowest BCUT2D eigenvalue weighted by atomic mass is 10.1. The van der Waals surface area contributed by atoms with Crippen LogP contribution in [0.1, 0.15) is 18.7 Å². The Hall–Kier alpha value is -2.24. The van der Waals surface area contributed by atoms with Crippen molar-refractivity contribution in [1.29, 1.82) is 0 Å². The lowest BCUT2D eigenvalue weighted by Gasteiger charge is -2.05. The van der Waals surface area contributed by atoms with Crippen molar-refractivity contribution < 1.29 is 14.1 Å². The van der Waals surface area contributed by atoms with Crippen molar-refractivity contribution in [3.05, 3.63) is 30.4 Å². The normalized spacial score (nSPS) is 16.3. The fourth-order valence-corrected chi connectivity index (χ4v) is 1.86. The molecule has 0 N–H and O–H groups in total. The molecule has 0 spiro atoms. The van der Waals surface area contributed by atoms with Crippen molar-refractivity contribution in [2.45, 2.75) is 18.3 Å². The maximum Gasteiger partial charge on any atom is 0.321 e. The third-order valence-corrected chi connectivity index (χ3v) is 3.08. The van der Waals surface area contributed by atoms with Gasteiger partial charge in [-0.05, 0) is 25.0 Å². The van der Waals surface area contributed by atoms with Gasteiger partial charge < -0.3 is 9.26 Å². The van der Waals surface area contributed by atoms with E-state index in [0.29, 0.717) is 24.6 Å². The van der Waals surface area contributed by atoms with Crippen LogP contribution in [-0.2, 0) is 14.9 Å². The number of carbonyl (C=O) groups excluding carboxylic acids is 1. The molecular weight excluding hydrogens is 234 g/mol. The van der Waals surface area contributed by atoms with Gasteiger partial charge in [0.2, 0.25) is 11.7 Å². The van der Waals surface area contributed by atoms with Crippen LogP contribution in [0, 0.1) is 0 Å². The minimum absolute atomic E-state index is 0.316. The van der Waals surface area contributed by atoms with Gasteiger partial charge >= 0.3 is 5.97 Å². The number of ether oxygens (including phenoxy) is 1. The smallest absolute Gasteiger partial charge is 0.321 e. The number of hydrogen-bond donors (Lipinski definition) is 0. The summed E-state index contributed by atoms with van der Waals surface area (Å²) in [4.78, 5) is 19.9. The van der Waals surface area contributed by atoms with Crippen molar-refractivity contribution in [3.8, 4) is 11.4 Å². The van der Waals surface area contributed by atoms with E-state index in [1.54, 1.807) is 18.5 Å². The number of methoxy groups -OCH3 is 1. The van der Waals surface area contributed by atoms with Gasteiger partial charge in [0.25, 0.3) is 0 Å². The third kappa shape index (κ3) is 1.57. The topological polar surface area (TPSA) is 78.1 Å². The van der Waals surface area contributed by atoms with Crippen LogP contribution in [0.5, 0.6) is 0 Å². The molecule has 6 heteroatoms. The van der Waals surface area contributed by atoms with Crippen LogP contribution in [0.4, 0.5) is 0 Å². The zero-order chi connectivity index (χ0) is 12.6. The largest absolute Gasteiger partial charge is 0.468 e. The van der Waals surface area contributed by atoms with Gasteiger partial charge in [-0.25, -0.2) is 0 Å². The fourth-order valence-electron chi connectivity index (χ4n) is 1.86. The van der Waals surface area contributed by atoms with E-state index in [4.69, 9.17) is 9.26 Å². The van der Waals surface area contributed by atoms with E-state index in [1.807, 2.05) is 6.07 Å². The highest BCUT2D eigenvalue weighted by Crippen LogP contribution is 2.48. The average molecular weight is 245 g/mol. The number of esters is 1. The monoisotopic (exact) mass is 245 g/mol. The molecule has 18 heavy (non-hydrogen) atoms. The highest BCUT2D eigenvalue weighted by molar-refractivity contribution is 5.85. The number of hydrogen-bond acceptors (Lipinski definition) is 6. The summed E-state index contributed by atoms with van der Waals surface area (Å²) in [5, 5.41) is 3.88. The summed E-state index contributed by atoms with van der Waals surface area (Å²) in [5.74, 6) is 0.449. The Kier molecular flexibility index (Phi) is 2.36. The average Bonchev–Trinajstić information content (AvgIpc) is 3.09. The van der Waals surface area contributed by atoms with E-state index in [1.165, 1.54) is 7.11 Å². The standard InChI is InChI=1S/C12H11N3O3/c1-17-11(16)12(4-5-12)10-14-9(15-18-10)8-3-2-6-13-7-8/h2-3,6-7H,4-5H2,1H3. The van der Waals surface area contributed by atoms with Crippen molar-refractivity contribution >= 4 is 5.97 Å². The Morgan fingerprint density at radius 2 is 2.33 bits per heavy atom. The summed E-state index contributed by atoms with van der Waals surface area (Å²) in [6.07, 6.45) is 4.69. The molecular formula is C12H11N3O3. The van der Waals surface area contributed by atoms with Crippen molar-refractivity contribution in [1.82, 2.24) is 15.1 Å². The molecule has 0 amide bonds. The second kappa shape index (κ2) is 3.90. The predicted octanol–water partition coefficient (Wildman–Crippen LogP) is 1.34. The van der Waals surface area contributed by atoms with Gasteiger partial charge in [-0.3, -0.25) is 9.78 Å². The molecule has 0 aromatic carbocycles. The van der Waals surface area contributed by atoms with Gasteiger partial charge in [0.1, 0.15) is 5.41 Å². The summed E-state index contributed by atoms with van der Waals surface area (Å²) in [5.41, 5.74) is 0.0375. The molecule has 1 aliphatic carbocycles. The van der Waals surface area contributed by atoms with Crippen LogP contribution in [0.3, 0.4) is 0 Å². The molecule has 1 fully saturated rings. The molecule has 3 rings (SSSR count). The number of aromatic nitrogens is 3. The van der Waals surface area contributed by atoms with Crippen molar-refractivity contribution in [3.63, 3.8) is 0 Å². The first-order valence-electron chi connectivity index (χ1n) is 5.59. The van der Waals surface area contributed by atoms with Gasteiger partial charge in [0.15, 0.2) is 0 Å². The molecule has 0 saturated heterocycles. The Morgan fingerprint density at radius 1 is 1.50 bits per heavy atom. The Balaban J connectivity index is 1.94. The molecule has 2 aromatic heterocycles. The summed E-state index contributed by atoms with van der Waals surface area (Å²) in [6, 6.07) is 3.62. The number of carbonyl (C=O) groups is 1. The third-order valence-electron chi connectivity index (χ3n) is 3.08. The second-order valence-electron chi connectivity index (χ2n) is 4.24. The van der Waals surface area contributed by atoms with Crippen LogP contribution in [-0.4, -0.2) is 28.2 Å². The summed E-state index contributed by atoms with van der Waals surface area (Å²) in [6.45, 7) is 0. The number of pyridine rings is 1. The maximum absolute atomic E-state index is 11.7. The van der Waals surface area contributed by atoms with E-state index in [-0.39, 0.29) is 5.97 Å². The summed E-state index contributed by atoms with van der Waals surface area (Å²) in [7, 11) is 1.36. The first kappa shape index (κ1) is 10.9. The van der Waals surface area contributed by atoms with Gasteiger partial charge in [-0.2, -0.15) is 4.98 Å². The Bertz CT molecular complexity index is 575. The van der Waals surface area contributed by atoms with Gasteiger partial charge in [0, 0.05) is 18.0 Å². The highest BCUT2D eigenvalue weighted by atomic mass is 16.5. The van der Waals surface area contributed by atoms with E-state index in [9.17, 15) is 4.79 Å². The predicted molar refractivity (Wildman–Crippen MR) is 60.5 cm³/mol. The van der Waals surface area contributed by atoms with Crippen LogP contribution in [0.25, 0.3) is 11.4 Å². The molecule has 2 heterocycles. The first-order chi connectivity index (χ1) is 8.76. The minimum atomic E-state index is -0.720. The van der Waals surface area contributed by atoms with Gasteiger partial charge in [-0.1, -0.05) is 5.16 Å². The fraction of sp³-hybridized carbons (Fsp3) is 0.333. The second-order valence-corrected chi connectivity index (χ2v) is 4.24. The molecule has 92 valence electrons.